The molecule has 0 saturated heterocycles. The Balaban J connectivity index is 0.000000107. The van der Waals surface area contributed by atoms with Gasteiger partial charge in [-0.05, 0) is 369 Å². The summed E-state index contributed by atoms with van der Waals surface area (Å²) in [4.78, 5) is 2.34. The van der Waals surface area contributed by atoms with Gasteiger partial charge in [-0.15, -0.1) is 0 Å². The van der Waals surface area contributed by atoms with Crippen LogP contribution in [0.15, 0.2) is 455 Å². The number of hydrogen-bond donors (Lipinski definition) is 0. The van der Waals surface area contributed by atoms with Crippen molar-refractivity contribution >= 4 is 98.9 Å². The van der Waals surface area contributed by atoms with Crippen molar-refractivity contribution in [2.24, 2.45) is 17.8 Å². The van der Waals surface area contributed by atoms with E-state index in [2.05, 4.69) is 521 Å². The zero-order valence-electron chi connectivity index (χ0n) is 84.4. The van der Waals surface area contributed by atoms with Crippen LogP contribution in [-0.4, -0.2) is 7.05 Å². The van der Waals surface area contributed by atoms with E-state index < -0.39 is 0 Å². The van der Waals surface area contributed by atoms with E-state index >= 15 is 0 Å². The van der Waals surface area contributed by atoms with Crippen molar-refractivity contribution in [3.8, 4) is 134 Å². The SMILES string of the molecule is CC1(C)c2ccccc2-c2ccc(-c3c4ccccc4c(-c4ccccc4-c4cccc5ccccc45)c4ccc(-c5ccccc5)cc34)cc21.CC1(C)c2ccccc2-c2ccc(-c3c4ccccc4c(C45CC6CC(CC(C6)C4)C5)c4ccc(-c5ccccc5)cc34)cc21.CN1c2ccccc2C=Cc2ccc(-c3c4ccccc4c(-c4ccc5c(c4)C(C)(C)c4ccccc4-5)c4cc(-c5ccccc5)ccc34)cc21. The van der Waals surface area contributed by atoms with Gasteiger partial charge in [-0.25, -0.2) is 0 Å². The molecule has 1 heterocycles. The van der Waals surface area contributed by atoms with Crippen molar-refractivity contribution in [3.63, 3.8) is 0 Å². The van der Waals surface area contributed by atoms with Gasteiger partial charge in [-0.1, -0.05) is 460 Å². The predicted octanol–water partition coefficient (Wildman–Crippen LogP) is 39.8. The normalized spacial score (nSPS) is 17.1. The first-order valence-corrected chi connectivity index (χ1v) is 53.1. The summed E-state index contributed by atoms with van der Waals surface area (Å²) < 4.78 is 0. The minimum Gasteiger partial charge on any atom is -0.344 e. The molecule has 31 rings (SSSR count). The predicted molar refractivity (Wildman–Crippen MR) is 627 cm³/mol. The molecule has 23 aromatic carbocycles. The lowest BCUT2D eigenvalue weighted by atomic mass is 9.47. The van der Waals surface area contributed by atoms with E-state index in [1.165, 1.54) is 303 Å². The lowest BCUT2D eigenvalue weighted by Gasteiger charge is -2.57. The van der Waals surface area contributed by atoms with Crippen LogP contribution in [0.5, 0.6) is 0 Å². The number of benzene rings is 23. The van der Waals surface area contributed by atoms with E-state index in [9.17, 15) is 0 Å². The van der Waals surface area contributed by atoms with Crippen LogP contribution in [0.25, 0.3) is 221 Å². The van der Waals surface area contributed by atoms with Gasteiger partial charge < -0.3 is 4.90 Å². The monoisotopic (exact) mass is 1880 g/mol. The minimum atomic E-state index is -0.0833. The molecular formula is C146H113N. The highest BCUT2D eigenvalue weighted by atomic mass is 15.1. The summed E-state index contributed by atoms with van der Waals surface area (Å²) in [5.74, 6) is 2.73. The Hall–Kier alpha value is -16.6. The minimum absolute atomic E-state index is 0.0259. The van der Waals surface area contributed by atoms with E-state index in [0.29, 0.717) is 5.41 Å². The topological polar surface area (TPSA) is 3.24 Å². The smallest absolute Gasteiger partial charge is 0.0488 e. The van der Waals surface area contributed by atoms with Crippen LogP contribution in [0.1, 0.15) is 130 Å². The third kappa shape index (κ3) is 14.1. The summed E-state index contributed by atoms with van der Waals surface area (Å²) in [5, 5.41) is 18.5. The Morgan fingerprint density at radius 2 is 0.490 bits per heavy atom. The summed E-state index contributed by atoms with van der Waals surface area (Å²) in [6, 6.07) is 170. The van der Waals surface area contributed by atoms with Gasteiger partial charge in [0.1, 0.15) is 0 Å². The molecule has 4 fully saturated rings. The zero-order valence-corrected chi connectivity index (χ0v) is 84.4. The van der Waals surface area contributed by atoms with Crippen LogP contribution in [0, 0.1) is 17.8 Å². The van der Waals surface area contributed by atoms with Crippen molar-refractivity contribution in [3.05, 3.63) is 505 Å². The van der Waals surface area contributed by atoms with Crippen LogP contribution in [0.4, 0.5) is 11.4 Å². The average molecular weight is 1880 g/mol. The maximum atomic E-state index is 2.54. The lowest BCUT2D eigenvalue weighted by molar-refractivity contribution is -0.00383. The molecule has 7 aliphatic carbocycles. The molecule has 147 heavy (non-hydrogen) atoms. The molecular weight excluding hydrogens is 1770 g/mol. The molecule has 4 bridgehead atoms. The first-order chi connectivity index (χ1) is 72.0. The summed E-state index contributed by atoms with van der Waals surface area (Å²) >= 11 is 0. The molecule has 0 aromatic heterocycles. The second-order valence-corrected chi connectivity index (χ2v) is 44.6. The molecule has 0 atom stereocenters. The Labute approximate surface area is 862 Å². The summed E-state index contributed by atoms with van der Waals surface area (Å²) in [6.07, 6.45) is 13.0. The van der Waals surface area contributed by atoms with Crippen molar-refractivity contribution in [2.75, 3.05) is 11.9 Å². The largest absolute Gasteiger partial charge is 0.344 e. The van der Waals surface area contributed by atoms with E-state index in [1.807, 2.05) is 0 Å². The highest BCUT2D eigenvalue weighted by Crippen LogP contribution is 2.65. The fraction of sp³-hybridized carbons (Fsp3) is 0.137. The van der Waals surface area contributed by atoms with E-state index in [4.69, 9.17) is 0 Å². The Kier molecular flexibility index (Phi) is 20.6. The quantitative estimate of drug-likeness (QED) is 0.123. The molecule has 23 aromatic rings. The van der Waals surface area contributed by atoms with Crippen molar-refractivity contribution in [1.82, 2.24) is 0 Å². The molecule has 702 valence electrons. The number of hydrogen-bond acceptors (Lipinski definition) is 1. The van der Waals surface area contributed by atoms with Gasteiger partial charge in [-0.2, -0.15) is 0 Å². The zero-order chi connectivity index (χ0) is 98.3. The number of rotatable bonds is 10. The second-order valence-electron chi connectivity index (χ2n) is 44.6. The summed E-state index contributed by atoms with van der Waals surface area (Å²) in [5.41, 5.74) is 46.2. The third-order valence-electron chi connectivity index (χ3n) is 35.3. The van der Waals surface area contributed by atoms with Gasteiger partial charge in [-0.3, -0.25) is 0 Å². The molecule has 4 saturated carbocycles. The molecule has 0 amide bonds. The first kappa shape index (κ1) is 88.2. The summed E-state index contributed by atoms with van der Waals surface area (Å²) in [7, 11) is 2.19. The fourth-order valence-corrected chi connectivity index (χ4v) is 28.8. The van der Waals surface area contributed by atoms with Crippen LogP contribution in [0.2, 0.25) is 0 Å². The maximum absolute atomic E-state index is 2.54. The van der Waals surface area contributed by atoms with Crippen LogP contribution in [-0.2, 0) is 21.7 Å². The van der Waals surface area contributed by atoms with Crippen molar-refractivity contribution in [2.45, 2.75) is 102 Å². The molecule has 0 unspecified atom stereocenters. The molecule has 8 aliphatic rings. The lowest BCUT2D eigenvalue weighted by Crippen LogP contribution is -2.48. The standard InChI is InChI=1S/C51H36.C50H37N.C45H40/c1-51(2)47-26-13-12-21-40(47)41-29-28-36(32-48(41)51)49-43-23-10-11-24-44(43)50(45-30-27-35(31-46(45)49)33-15-4-3-5-16-33)42-22-9-8-20-39(42)38-25-14-18-34-17-6-7-19-37(34)38;1-50(2)44-19-11-10-16-38(44)39-27-26-36(30-45(39)50)49-41-18-9-8-17-40(41)48(42-28-25-35(29-43(42)49)32-13-5-4-6-14-32)37-24-23-34-22-21-33-15-7-12-20-46(33)51(3)47(34)31-37;1-44(2)40-15-9-8-12-34(40)35-18-17-33(24-41(35)44)42-36-13-6-7-14-37(36)43(45-25-28-20-29(26-45)22-30(21-28)27-45)38-19-16-32(23-39(38)42)31-10-4-3-5-11-31/h3-32H,1-2H3;4-31H,1-3H3;3-19,23-24,28-30H,20-22,25-27H2,1-2H3. The van der Waals surface area contributed by atoms with Crippen molar-refractivity contribution < 1.29 is 0 Å². The molecule has 0 radical (unpaired) electrons. The van der Waals surface area contributed by atoms with E-state index in [0.717, 1.165) is 17.8 Å². The number of nitrogens with zero attached hydrogens (tertiary/aromatic N) is 1. The van der Waals surface area contributed by atoms with Gasteiger partial charge >= 0.3 is 0 Å². The van der Waals surface area contributed by atoms with Gasteiger partial charge in [0.05, 0.1) is 0 Å². The fourth-order valence-electron chi connectivity index (χ4n) is 28.8. The van der Waals surface area contributed by atoms with Crippen LogP contribution in [0.3, 0.4) is 0 Å². The molecule has 1 nitrogen and oxygen atoms in total. The van der Waals surface area contributed by atoms with Gasteiger partial charge in [0.2, 0.25) is 0 Å². The van der Waals surface area contributed by atoms with Crippen molar-refractivity contribution in [1.29, 1.82) is 0 Å². The molecule has 0 spiro atoms. The number of anilines is 2. The van der Waals surface area contributed by atoms with Crippen LogP contribution >= 0.6 is 0 Å². The molecule has 0 N–H and O–H groups in total. The molecule has 1 aliphatic heterocycles. The Morgan fingerprint density at radius 3 is 0.959 bits per heavy atom. The van der Waals surface area contributed by atoms with Gasteiger partial charge in [0.25, 0.3) is 0 Å². The van der Waals surface area contributed by atoms with Gasteiger partial charge in [0.15, 0.2) is 0 Å². The first-order valence-electron chi connectivity index (χ1n) is 53.1. The maximum Gasteiger partial charge on any atom is 0.0488 e. The highest BCUT2D eigenvalue weighted by molar-refractivity contribution is 6.26. The Bertz CT molecular complexity index is 9380. The average Bonchev–Trinajstić information content (AvgIpc) is 1.09. The third-order valence-corrected chi connectivity index (χ3v) is 35.3. The summed E-state index contributed by atoms with van der Waals surface area (Å²) in [6.45, 7) is 14.3. The van der Waals surface area contributed by atoms with Gasteiger partial charge in [0, 0.05) is 34.7 Å². The van der Waals surface area contributed by atoms with E-state index in [-0.39, 0.29) is 16.2 Å². The highest BCUT2D eigenvalue weighted by Gasteiger charge is 2.53. The number of para-hydroxylation sites is 1. The van der Waals surface area contributed by atoms with E-state index in [1.54, 1.807) is 5.56 Å². The number of fused-ring (bicyclic) bond motifs is 18. The van der Waals surface area contributed by atoms with Crippen LogP contribution < -0.4 is 4.90 Å². The molecule has 1 heteroatoms. The second kappa shape index (κ2) is 34.3. The Morgan fingerprint density at radius 1 is 0.190 bits per heavy atom.